The maximum Gasteiger partial charge on any atom is 0.240 e. The van der Waals surface area contributed by atoms with Crippen LogP contribution in [0.4, 0.5) is 0 Å². The third-order valence-electron chi connectivity index (χ3n) is 4.06. The van der Waals surface area contributed by atoms with E-state index in [1.165, 1.54) is 5.56 Å². The average Bonchev–Trinajstić information content (AvgIpc) is 3.08. The van der Waals surface area contributed by atoms with Crippen molar-refractivity contribution < 1.29 is 14.3 Å². The number of benzene rings is 1. The Hall–Kier alpha value is -1.75. The molecule has 0 saturated heterocycles. The standard InChI is InChI=1S/C16H22N2O3/c1-3-20-13-7-11-6-10(2)21-14(11)8-12(13)9-18-15(19)16(17)4-5-16/h7-8,10H,3-6,9,17H2,1-2H3,(H,18,19). The number of nitrogens with two attached hydrogens (primary N) is 1. The van der Waals surface area contributed by atoms with Crippen molar-refractivity contribution >= 4 is 5.91 Å². The van der Waals surface area contributed by atoms with Crippen LogP contribution >= 0.6 is 0 Å². The van der Waals surface area contributed by atoms with Gasteiger partial charge in [-0.1, -0.05) is 0 Å². The van der Waals surface area contributed by atoms with Gasteiger partial charge in [0, 0.05) is 24.1 Å². The molecule has 0 spiro atoms. The molecule has 1 aliphatic heterocycles. The molecule has 1 unspecified atom stereocenters. The molecule has 3 N–H and O–H groups in total. The highest BCUT2D eigenvalue weighted by Crippen LogP contribution is 2.36. The zero-order chi connectivity index (χ0) is 15.0. The van der Waals surface area contributed by atoms with E-state index in [2.05, 4.69) is 5.32 Å². The molecule has 114 valence electrons. The monoisotopic (exact) mass is 290 g/mol. The van der Waals surface area contributed by atoms with E-state index in [1.807, 2.05) is 26.0 Å². The number of ether oxygens (including phenoxy) is 2. The highest BCUT2D eigenvalue weighted by molar-refractivity contribution is 5.89. The first kappa shape index (κ1) is 14.2. The van der Waals surface area contributed by atoms with Gasteiger partial charge in [0.25, 0.3) is 0 Å². The number of amides is 1. The van der Waals surface area contributed by atoms with Gasteiger partial charge >= 0.3 is 0 Å². The predicted octanol–water partition coefficient (Wildman–Crippen LogP) is 1.52. The Bertz CT molecular complexity index is 567. The molecule has 21 heavy (non-hydrogen) atoms. The molecule has 1 fully saturated rings. The lowest BCUT2D eigenvalue weighted by Crippen LogP contribution is -2.42. The molecule has 0 bridgehead atoms. The summed E-state index contributed by atoms with van der Waals surface area (Å²) >= 11 is 0. The van der Waals surface area contributed by atoms with Gasteiger partial charge in [-0.05, 0) is 38.8 Å². The van der Waals surface area contributed by atoms with Gasteiger partial charge in [-0.2, -0.15) is 0 Å². The first-order valence-corrected chi connectivity index (χ1v) is 7.54. The molecule has 1 aliphatic carbocycles. The Morgan fingerprint density at radius 3 is 2.95 bits per heavy atom. The predicted molar refractivity (Wildman–Crippen MR) is 79.4 cm³/mol. The lowest BCUT2D eigenvalue weighted by Gasteiger charge is -2.15. The summed E-state index contributed by atoms with van der Waals surface area (Å²) in [5.41, 5.74) is 7.34. The number of nitrogens with one attached hydrogen (secondary N) is 1. The summed E-state index contributed by atoms with van der Waals surface area (Å²) in [6.45, 7) is 5.01. The molecule has 0 radical (unpaired) electrons. The first-order valence-electron chi connectivity index (χ1n) is 7.54. The summed E-state index contributed by atoms with van der Waals surface area (Å²) in [6.07, 6.45) is 2.62. The Morgan fingerprint density at radius 1 is 1.52 bits per heavy atom. The van der Waals surface area contributed by atoms with Crippen LogP contribution in [-0.2, 0) is 17.8 Å². The maximum absolute atomic E-state index is 11.9. The quantitative estimate of drug-likeness (QED) is 0.862. The van der Waals surface area contributed by atoms with Gasteiger partial charge in [-0.15, -0.1) is 0 Å². The fourth-order valence-corrected chi connectivity index (χ4v) is 2.62. The lowest BCUT2D eigenvalue weighted by atomic mass is 10.1. The van der Waals surface area contributed by atoms with Crippen LogP contribution in [0.3, 0.4) is 0 Å². The van der Waals surface area contributed by atoms with Crippen LogP contribution in [0.15, 0.2) is 12.1 Å². The smallest absolute Gasteiger partial charge is 0.240 e. The van der Waals surface area contributed by atoms with Crippen molar-refractivity contribution in [2.24, 2.45) is 5.73 Å². The van der Waals surface area contributed by atoms with Crippen LogP contribution in [0.25, 0.3) is 0 Å². The Kier molecular flexibility index (Phi) is 3.53. The first-order chi connectivity index (χ1) is 10.0. The molecule has 3 rings (SSSR count). The number of carbonyl (C=O) groups is 1. The van der Waals surface area contributed by atoms with Gasteiger partial charge in [0.05, 0.1) is 12.1 Å². The van der Waals surface area contributed by atoms with Gasteiger partial charge in [0.15, 0.2) is 0 Å². The number of hydrogen-bond acceptors (Lipinski definition) is 4. The van der Waals surface area contributed by atoms with Gasteiger partial charge in [-0.25, -0.2) is 0 Å². The normalized spacial score (nSPS) is 21.4. The summed E-state index contributed by atoms with van der Waals surface area (Å²) < 4.78 is 11.5. The topological polar surface area (TPSA) is 73.6 Å². The third kappa shape index (κ3) is 2.83. The Labute approximate surface area is 124 Å². The maximum atomic E-state index is 11.9. The van der Waals surface area contributed by atoms with Gasteiger partial charge < -0.3 is 20.5 Å². The summed E-state index contributed by atoms with van der Waals surface area (Å²) in [7, 11) is 0. The minimum absolute atomic E-state index is 0.0836. The molecular weight excluding hydrogens is 268 g/mol. The minimum atomic E-state index is -0.645. The van der Waals surface area contributed by atoms with Gasteiger partial charge in [0.1, 0.15) is 17.6 Å². The van der Waals surface area contributed by atoms with Crippen LogP contribution in [-0.4, -0.2) is 24.2 Å². The lowest BCUT2D eigenvalue weighted by molar-refractivity contribution is -0.123. The highest BCUT2D eigenvalue weighted by Gasteiger charge is 2.45. The van der Waals surface area contributed by atoms with E-state index in [9.17, 15) is 4.79 Å². The van der Waals surface area contributed by atoms with E-state index in [0.29, 0.717) is 13.2 Å². The third-order valence-corrected chi connectivity index (χ3v) is 4.06. The molecule has 1 saturated carbocycles. The van der Waals surface area contributed by atoms with E-state index in [1.54, 1.807) is 0 Å². The molecule has 1 atom stereocenters. The van der Waals surface area contributed by atoms with E-state index < -0.39 is 5.54 Å². The summed E-state index contributed by atoms with van der Waals surface area (Å²) in [4.78, 5) is 11.9. The second kappa shape index (κ2) is 5.22. The van der Waals surface area contributed by atoms with Gasteiger partial charge in [0.2, 0.25) is 5.91 Å². The fourth-order valence-electron chi connectivity index (χ4n) is 2.62. The molecule has 1 heterocycles. The molecule has 0 aromatic heterocycles. The van der Waals surface area contributed by atoms with Crippen molar-refractivity contribution in [1.82, 2.24) is 5.32 Å². The molecule has 1 aromatic rings. The van der Waals surface area contributed by atoms with Crippen molar-refractivity contribution in [3.8, 4) is 11.5 Å². The molecular formula is C16H22N2O3. The zero-order valence-corrected chi connectivity index (χ0v) is 12.6. The molecule has 1 amide bonds. The van der Waals surface area contributed by atoms with E-state index in [0.717, 1.165) is 36.3 Å². The van der Waals surface area contributed by atoms with Gasteiger partial charge in [-0.3, -0.25) is 4.79 Å². The number of carbonyl (C=O) groups excluding carboxylic acids is 1. The Morgan fingerprint density at radius 2 is 2.29 bits per heavy atom. The minimum Gasteiger partial charge on any atom is -0.494 e. The largest absolute Gasteiger partial charge is 0.494 e. The second-order valence-electron chi connectivity index (χ2n) is 5.97. The number of hydrogen-bond donors (Lipinski definition) is 2. The molecule has 5 heteroatoms. The van der Waals surface area contributed by atoms with Crippen molar-refractivity contribution in [1.29, 1.82) is 0 Å². The molecule has 5 nitrogen and oxygen atoms in total. The Balaban J connectivity index is 1.76. The number of fused-ring (bicyclic) bond motifs is 1. The van der Waals surface area contributed by atoms with Crippen molar-refractivity contribution in [3.63, 3.8) is 0 Å². The summed E-state index contributed by atoms with van der Waals surface area (Å²) in [6, 6.07) is 4.00. The fraction of sp³-hybridized carbons (Fsp3) is 0.562. The molecule has 1 aromatic carbocycles. The van der Waals surface area contributed by atoms with Crippen LogP contribution in [0, 0.1) is 0 Å². The van der Waals surface area contributed by atoms with Crippen molar-refractivity contribution in [3.05, 3.63) is 23.3 Å². The zero-order valence-electron chi connectivity index (χ0n) is 12.6. The SMILES string of the molecule is CCOc1cc2c(cc1CNC(=O)C1(N)CC1)OC(C)C2. The van der Waals surface area contributed by atoms with E-state index in [-0.39, 0.29) is 12.0 Å². The average molecular weight is 290 g/mol. The second-order valence-corrected chi connectivity index (χ2v) is 5.97. The highest BCUT2D eigenvalue weighted by atomic mass is 16.5. The van der Waals surface area contributed by atoms with Crippen LogP contribution in [0.1, 0.15) is 37.8 Å². The van der Waals surface area contributed by atoms with Crippen molar-refractivity contribution in [2.45, 2.75) is 51.3 Å². The van der Waals surface area contributed by atoms with Crippen LogP contribution in [0.5, 0.6) is 11.5 Å². The number of rotatable bonds is 5. The van der Waals surface area contributed by atoms with E-state index in [4.69, 9.17) is 15.2 Å². The summed E-state index contributed by atoms with van der Waals surface area (Å²) in [5.74, 6) is 1.62. The van der Waals surface area contributed by atoms with E-state index >= 15 is 0 Å². The summed E-state index contributed by atoms with van der Waals surface area (Å²) in [5, 5.41) is 2.90. The molecule has 2 aliphatic rings. The van der Waals surface area contributed by atoms with Crippen molar-refractivity contribution in [2.75, 3.05) is 6.61 Å². The van der Waals surface area contributed by atoms with Crippen LogP contribution in [0.2, 0.25) is 0 Å². The van der Waals surface area contributed by atoms with Crippen LogP contribution < -0.4 is 20.5 Å².